The average Bonchev–Trinajstić information content (AvgIpc) is 3.47. The van der Waals surface area contributed by atoms with Crippen LogP contribution in [0, 0.1) is 0 Å². The summed E-state index contributed by atoms with van der Waals surface area (Å²) in [4.78, 5) is 59.3. The number of nitrogens with one attached hydrogen (secondary N) is 4. The van der Waals surface area contributed by atoms with Crippen molar-refractivity contribution in [2.45, 2.75) is 44.7 Å². The number of carboxylic acid groups (broad SMARTS) is 2. The highest BCUT2D eigenvalue weighted by atomic mass is 16.4. The first-order valence-corrected chi connectivity index (χ1v) is 12.9. The van der Waals surface area contributed by atoms with E-state index in [0.717, 1.165) is 34.0 Å². The third kappa shape index (κ3) is 9.01. The van der Waals surface area contributed by atoms with Crippen molar-refractivity contribution >= 4 is 40.7 Å². The largest absolute Gasteiger partial charge is 0.478 e. The minimum Gasteiger partial charge on any atom is -0.478 e. The summed E-state index contributed by atoms with van der Waals surface area (Å²) in [5.41, 5.74) is 10.3. The van der Waals surface area contributed by atoms with E-state index in [1.165, 1.54) is 0 Å². The molecule has 0 aliphatic carbocycles. The first kappa shape index (κ1) is 33.2. The lowest BCUT2D eigenvalue weighted by molar-refractivity contribution is -0.134. The standard InChI is InChI=1S/C25H29N5O3.C4H4O4.H2O/c1-14(2)28-23(31)17-5-3-4-15(10-17)11-20(22-24(32)30-25(33)29-22)16-6-7-21-19(12-16)18(8-9-26)13-27-21;5-3(6)1-2-4(7)8;/h3-7,10,12-14,20,22,27H,8-9,11,26H2,1-2H3,(H,28,31)(H2,29,30,32,33);1-2H,(H,5,6)(H,7,8);1H2. The fourth-order valence-corrected chi connectivity index (χ4v) is 4.51. The van der Waals surface area contributed by atoms with Crippen molar-refractivity contribution in [3.8, 4) is 0 Å². The topological polar surface area (TPSA) is 235 Å². The van der Waals surface area contributed by atoms with Gasteiger partial charge in [0, 0.05) is 46.8 Å². The van der Waals surface area contributed by atoms with Crippen LogP contribution < -0.4 is 21.7 Å². The number of hydrogen-bond donors (Lipinski definition) is 7. The van der Waals surface area contributed by atoms with Crippen molar-refractivity contribution in [2.24, 2.45) is 5.73 Å². The Morgan fingerprint density at radius 2 is 1.74 bits per heavy atom. The zero-order chi connectivity index (χ0) is 30.1. The predicted octanol–water partition coefficient (Wildman–Crippen LogP) is 1.23. The number of H-pyrrole nitrogens is 1. The van der Waals surface area contributed by atoms with Crippen LogP contribution in [0.5, 0.6) is 0 Å². The van der Waals surface area contributed by atoms with Gasteiger partial charge in [-0.05, 0) is 74.2 Å². The summed E-state index contributed by atoms with van der Waals surface area (Å²) in [5.74, 6) is -3.32. The molecule has 0 bridgehead atoms. The Morgan fingerprint density at radius 1 is 1.05 bits per heavy atom. The van der Waals surface area contributed by atoms with Crippen LogP contribution in [0.15, 0.2) is 60.8 Å². The lowest BCUT2D eigenvalue weighted by Gasteiger charge is -2.23. The van der Waals surface area contributed by atoms with E-state index in [2.05, 4.69) is 27.0 Å². The highest BCUT2D eigenvalue weighted by Gasteiger charge is 2.37. The number of amides is 4. The smallest absolute Gasteiger partial charge is 0.328 e. The number of benzene rings is 2. The van der Waals surface area contributed by atoms with Crippen LogP contribution in [0.3, 0.4) is 0 Å². The lowest BCUT2D eigenvalue weighted by Crippen LogP contribution is -2.36. The van der Waals surface area contributed by atoms with Crippen LogP contribution in [0.25, 0.3) is 10.9 Å². The second-order valence-electron chi connectivity index (χ2n) is 9.75. The quantitative estimate of drug-likeness (QED) is 0.135. The maximum Gasteiger partial charge on any atom is 0.328 e. The van der Waals surface area contributed by atoms with E-state index >= 15 is 0 Å². The zero-order valence-corrected chi connectivity index (χ0v) is 23.1. The van der Waals surface area contributed by atoms with Crippen molar-refractivity contribution in [1.29, 1.82) is 0 Å². The number of rotatable bonds is 10. The molecule has 0 saturated carbocycles. The Hall–Kier alpha value is -5.01. The molecule has 10 N–H and O–H groups in total. The minimum absolute atomic E-state index is 0. The Labute approximate surface area is 241 Å². The van der Waals surface area contributed by atoms with Gasteiger partial charge < -0.3 is 37.0 Å². The van der Waals surface area contributed by atoms with E-state index in [4.69, 9.17) is 15.9 Å². The van der Waals surface area contributed by atoms with Crippen molar-refractivity contribution < 1.29 is 39.7 Å². The number of urea groups is 1. The molecule has 2 unspecified atom stereocenters. The number of aliphatic carboxylic acids is 2. The summed E-state index contributed by atoms with van der Waals surface area (Å²) in [5, 5.41) is 24.7. The van der Waals surface area contributed by atoms with Crippen LogP contribution in [0.2, 0.25) is 0 Å². The highest BCUT2D eigenvalue weighted by molar-refractivity contribution is 6.04. The molecular weight excluding hydrogens is 546 g/mol. The molecule has 2 atom stereocenters. The van der Waals surface area contributed by atoms with E-state index in [1.807, 2.05) is 50.4 Å². The second kappa shape index (κ2) is 15.1. The van der Waals surface area contributed by atoms with Gasteiger partial charge in [0.25, 0.3) is 11.8 Å². The number of aromatic nitrogens is 1. The first-order valence-electron chi connectivity index (χ1n) is 12.9. The number of aromatic amines is 1. The number of imide groups is 1. The molecule has 0 spiro atoms. The van der Waals surface area contributed by atoms with Gasteiger partial charge in [-0.15, -0.1) is 0 Å². The molecule has 1 aliphatic heterocycles. The van der Waals surface area contributed by atoms with Gasteiger partial charge in [-0.3, -0.25) is 14.9 Å². The van der Waals surface area contributed by atoms with Gasteiger partial charge in [0.1, 0.15) is 6.04 Å². The summed E-state index contributed by atoms with van der Waals surface area (Å²) in [6, 6.07) is 12.2. The predicted molar refractivity (Wildman–Crippen MR) is 155 cm³/mol. The van der Waals surface area contributed by atoms with E-state index < -0.39 is 24.0 Å². The average molecular weight is 582 g/mol. The van der Waals surface area contributed by atoms with Crippen molar-refractivity contribution in [3.63, 3.8) is 0 Å². The summed E-state index contributed by atoms with van der Waals surface area (Å²) < 4.78 is 0. The van der Waals surface area contributed by atoms with Gasteiger partial charge in [-0.2, -0.15) is 0 Å². The number of nitrogens with two attached hydrogens (primary N) is 1. The highest BCUT2D eigenvalue weighted by Crippen LogP contribution is 2.30. The molecule has 13 heteroatoms. The summed E-state index contributed by atoms with van der Waals surface area (Å²) >= 11 is 0. The first-order chi connectivity index (χ1) is 19.5. The maximum absolute atomic E-state index is 12.6. The Kier molecular flexibility index (Phi) is 11.9. The molecule has 4 rings (SSSR count). The van der Waals surface area contributed by atoms with Gasteiger partial charge in [0.2, 0.25) is 0 Å². The molecule has 1 aliphatic rings. The van der Waals surface area contributed by atoms with Gasteiger partial charge in [-0.1, -0.05) is 18.2 Å². The molecule has 1 fully saturated rings. The molecule has 3 aromatic rings. The van der Waals surface area contributed by atoms with Crippen molar-refractivity contribution in [2.75, 3.05) is 6.54 Å². The minimum atomic E-state index is -1.26. The molecule has 13 nitrogen and oxygen atoms in total. The van der Waals surface area contributed by atoms with Gasteiger partial charge in [0.05, 0.1) is 0 Å². The van der Waals surface area contributed by atoms with Crippen LogP contribution >= 0.6 is 0 Å². The van der Waals surface area contributed by atoms with Gasteiger partial charge in [-0.25, -0.2) is 14.4 Å². The summed E-state index contributed by atoms with van der Waals surface area (Å²) in [7, 11) is 0. The van der Waals surface area contributed by atoms with Crippen LogP contribution in [0.4, 0.5) is 4.79 Å². The molecule has 1 aromatic heterocycles. The number of carboxylic acids is 2. The number of carbonyl (C=O) groups excluding carboxylic acids is 3. The number of hydrogen-bond acceptors (Lipinski definition) is 6. The second-order valence-corrected chi connectivity index (χ2v) is 9.75. The molecule has 2 heterocycles. The number of fused-ring (bicyclic) bond motifs is 1. The molecule has 42 heavy (non-hydrogen) atoms. The van der Waals surface area contributed by atoms with E-state index in [9.17, 15) is 24.0 Å². The Balaban J connectivity index is 0.000000603. The molecule has 4 amide bonds. The molecule has 224 valence electrons. The molecular formula is C29H35N5O8. The SMILES string of the molecule is CC(C)NC(=O)c1cccc(CC(c2ccc3[nH]cc(CCN)c3c2)C2NC(=O)NC2=O)c1.O.O=C(O)C=CC(=O)O. The zero-order valence-electron chi connectivity index (χ0n) is 23.1. The van der Waals surface area contributed by atoms with Gasteiger partial charge in [0.15, 0.2) is 0 Å². The van der Waals surface area contributed by atoms with Crippen molar-refractivity contribution in [3.05, 3.63) is 83.1 Å². The van der Waals surface area contributed by atoms with Crippen LogP contribution in [-0.4, -0.2) is 69.1 Å². The van der Waals surface area contributed by atoms with E-state index in [-0.39, 0.29) is 29.3 Å². The maximum atomic E-state index is 12.6. The summed E-state index contributed by atoms with van der Waals surface area (Å²) in [6.07, 6.45) is 4.28. The Bertz CT molecular complexity index is 1460. The third-order valence-electron chi connectivity index (χ3n) is 6.27. The fraction of sp³-hybridized carbons (Fsp3) is 0.276. The van der Waals surface area contributed by atoms with E-state index in [1.54, 1.807) is 6.07 Å². The number of carbonyl (C=O) groups is 5. The monoisotopic (exact) mass is 581 g/mol. The lowest BCUT2D eigenvalue weighted by atomic mass is 9.84. The van der Waals surface area contributed by atoms with Crippen molar-refractivity contribution in [1.82, 2.24) is 20.9 Å². The fourth-order valence-electron chi connectivity index (χ4n) is 4.51. The molecule has 2 aromatic carbocycles. The molecule has 1 saturated heterocycles. The third-order valence-corrected chi connectivity index (χ3v) is 6.27. The van der Waals surface area contributed by atoms with E-state index in [0.29, 0.717) is 30.7 Å². The van der Waals surface area contributed by atoms with Crippen LogP contribution in [0.1, 0.15) is 46.8 Å². The summed E-state index contributed by atoms with van der Waals surface area (Å²) in [6.45, 7) is 4.36. The van der Waals surface area contributed by atoms with Crippen LogP contribution in [-0.2, 0) is 27.2 Å². The molecule has 0 radical (unpaired) electrons. The normalized spacial score (nSPS) is 14.9. The Morgan fingerprint density at radius 3 is 2.31 bits per heavy atom. The van der Waals surface area contributed by atoms with Gasteiger partial charge >= 0.3 is 18.0 Å².